The first-order valence-electron chi connectivity index (χ1n) is 7.94. The van der Waals surface area contributed by atoms with E-state index in [0.717, 1.165) is 18.2 Å². The highest BCUT2D eigenvalue weighted by Gasteiger charge is 2.29. The second-order valence-electron chi connectivity index (χ2n) is 5.72. The molecule has 0 unspecified atom stereocenters. The number of amides is 1. The van der Waals surface area contributed by atoms with Crippen LogP contribution in [0.15, 0.2) is 65.5 Å². The molecule has 2 N–H and O–H groups in total. The molecule has 138 valence electrons. The standard InChI is InChI=1S/C19H14F3N3O2/c20-19(21,22)14-8-6-12(7-9-14)11-23-18(27)15-10-16(26)25-17(24-15)13-4-2-1-3-5-13/h1-10H,11H2,(H,23,27)(H,24,25,26). The molecule has 0 aliphatic heterocycles. The highest BCUT2D eigenvalue weighted by molar-refractivity contribution is 5.92. The molecule has 0 saturated carbocycles. The van der Waals surface area contributed by atoms with Gasteiger partial charge in [0.15, 0.2) is 0 Å². The van der Waals surface area contributed by atoms with Crippen molar-refractivity contribution in [1.82, 2.24) is 15.3 Å². The van der Waals surface area contributed by atoms with Crippen LogP contribution in [0.25, 0.3) is 11.4 Å². The molecule has 0 atom stereocenters. The van der Waals surface area contributed by atoms with Crippen LogP contribution in [0.1, 0.15) is 21.6 Å². The molecule has 3 rings (SSSR count). The molecule has 8 heteroatoms. The zero-order chi connectivity index (χ0) is 19.4. The summed E-state index contributed by atoms with van der Waals surface area (Å²) >= 11 is 0. The van der Waals surface area contributed by atoms with Gasteiger partial charge < -0.3 is 10.3 Å². The second-order valence-corrected chi connectivity index (χ2v) is 5.72. The third-order valence-electron chi connectivity index (χ3n) is 3.76. The first-order valence-corrected chi connectivity index (χ1v) is 7.94. The Kier molecular flexibility index (Phi) is 5.07. The van der Waals surface area contributed by atoms with Gasteiger partial charge in [-0.1, -0.05) is 42.5 Å². The summed E-state index contributed by atoms with van der Waals surface area (Å²) in [5.74, 6) is -0.346. The SMILES string of the molecule is O=C(NCc1ccc(C(F)(F)F)cc1)c1cc(=O)[nH]c(-c2ccccc2)n1. The van der Waals surface area contributed by atoms with Gasteiger partial charge in [0.25, 0.3) is 11.5 Å². The normalized spacial score (nSPS) is 11.2. The third-order valence-corrected chi connectivity index (χ3v) is 3.76. The maximum absolute atomic E-state index is 12.6. The Hall–Kier alpha value is -3.42. The van der Waals surface area contributed by atoms with Crippen molar-refractivity contribution in [3.05, 3.63) is 87.8 Å². The van der Waals surface area contributed by atoms with E-state index in [9.17, 15) is 22.8 Å². The molecule has 0 spiro atoms. The quantitative estimate of drug-likeness (QED) is 0.736. The maximum Gasteiger partial charge on any atom is 0.416 e. The molecule has 0 fully saturated rings. The number of carbonyl (C=O) groups is 1. The number of benzene rings is 2. The summed E-state index contributed by atoms with van der Waals surface area (Å²) in [4.78, 5) is 30.8. The average Bonchev–Trinajstić information content (AvgIpc) is 2.66. The summed E-state index contributed by atoms with van der Waals surface area (Å²) in [6.07, 6.45) is -4.41. The van der Waals surface area contributed by atoms with Gasteiger partial charge in [-0.3, -0.25) is 9.59 Å². The van der Waals surface area contributed by atoms with Crippen LogP contribution in [0.5, 0.6) is 0 Å². The molecule has 0 bridgehead atoms. The molecule has 0 saturated heterocycles. The van der Waals surface area contributed by atoms with E-state index in [1.54, 1.807) is 24.3 Å². The molecule has 1 heterocycles. The van der Waals surface area contributed by atoms with Crippen molar-refractivity contribution in [3.8, 4) is 11.4 Å². The predicted molar refractivity (Wildman–Crippen MR) is 92.9 cm³/mol. The van der Waals surface area contributed by atoms with E-state index < -0.39 is 23.2 Å². The number of H-pyrrole nitrogens is 1. The minimum absolute atomic E-state index is 0.00607. The molecule has 2 aromatic carbocycles. The van der Waals surface area contributed by atoms with Gasteiger partial charge >= 0.3 is 6.18 Å². The highest BCUT2D eigenvalue weighted by atomic mass is 19.4. The van der Waals surface area contributed by atoms with Crippen molar-refractivity contribution in [3.63, 3.8) is 0 Å². The summed E-state index contributed by atoms with van der Waals surface area (Å²) in [5.41, 5.74) is -0.189. The van der Waals surface area contributed by atoms with Crippen molar-refractivity contribution in [1.29, 1.82) is 0 Å². The summed E-state index contributed by atoms with van der Waals surface area (Å²) < 4.78 is 37.7. The topological polar surface area (TPSA) is 74.8 Å². The fourth-order valence-electron chi connectivity index (χ4n) is 2.39. The van der Waals surface area contributed by atoms with Gasteiger partial charge in [-0.15, -0.1) is 0 Å². The molecule has 27 heavy (non-hydrogen) atoms. The molecule has 0 radical (unpaired) electrons. The van der Waals surface area contributed by atoms with Crippen LogP contribution in [0.2, 0.25) is 0 Å². The molecule has 5 nitrogen and oxygen atoms in total. The van der Waals surface area contributed by atoms with E-state index >= 15 is 0 Å². The number of carbonyl (C=O) groups excluding carboxylic acids is 1. The van der Waals surface area contributed by atoms with Gasteiger partial charge in [-0.05, 0) is 17.7 Å². The smallest absolute Gasteiger partial charge is 0.347 e. The van der Waals surface area contributed by atoms with Crippen LogP contribution in [0.3, 0.4) is 0 Å². The zero-order valence-electron chi connectivity index (χ0n) is 13.9. The summed E-state index contributed by atoms with van der Waals surface area (Å²) in [6.45, 7) is 0.00607. The minimum Gasteiger partial charge on any atom is -0.347 e. The van der Waals surface area contributed by atoms with Crippen molar-refractivity contribution < 1.29 is 18.0 Å². The molecule has 3 aromatic rings. The Morgan fingerprint density at radius 2 is 1.70 bits per heavy atom. The van der Waals surface area contributed by atoms with Crippen LogP contribution >= 0.6 is 0 Å². The van der Waals surface area contributed by atoms with Crippen molar-refractivity contribution in [2.75, 3.05) is 0 Å². The van der Waals surface area contributed by atoms with Gasteiger partial charge in [-0.2, -0.15) is 13.2 Å². The lowest BCUT2D eigenvalue weighted by molar-refractivity contribution is -0.137. The number of halogens is 3. The Morgan fingerprint density at radius 3 is 2.33 bits per heavy atom. The number of hydrogen-bond donors (Lipinski definition) is 2. The first-order chi connectivity index (χ1) is 12.8. The van der Waals surface area contributed by atoms with Gasteiger partial charge in [0, 0.05) is 18.2 Å². The highest BCUT2D eigenvalue weighted by Crippen LogP contribution is 2.29. The average molecular weight is 373 g/mol. The summed E-state index contributed by atoms with van der Waals surface area (Å²) in [5, 5.41) is 2.54. The number of aromatic nitrogens is 2. The largest absolute Gasteiger partial charge is 0.416 e. The van der Waals surface area contributed by atoms with Gasteiger partial charge in [0.1, 0.15) is 11.5 Å². The van der Waals surface area contributed by atoms with Gasteiger partial charge in [-0.25, -0.2) is 4.98 Å². The lowest BCUT2D eigenvalue weighted by atomic mass is 10.1. The maximum atomic E-state index is 12.6. The number of nitrogens with one attached hydrogen (secondary N) is 2. The van der Waals surface area contributed by atoms with Gasteiger partial charge in [0.05, 0.1) is 5.56 Å². The summed E-state index contributed by atoms with van der Waals surface area (Å²) in [6, 6.07) is 14.3. The Bertz CT molecular complexity index is 997. The number of nitrogens with zero attached hydrogens (tertiary/aromatic N) is 1. The fourth-order valence-corrected chi connectivity index (χ4v) is 2.39. The number of rotatable bonds is 4. The molecular formula is C19H14F3N3O2. The Labute approximate surface area is 151 Å². The molecule has 0 aliphatic carbocycles. The van der Waals surface area contributed by atoms with Crippen LogP contribution in [-0.4, -0.2) is 15.9 Å². The lowest BCUT2D eigenvalue weighted by Gasteiger charge is -2.09. The van der Waals surface area contributed by atoms with Crippen LogP contribution in [-0.2, 0) is 12.7 Å². The van der Waals surface area contributed by atoms with Crippen LogP contribution in [0.4, 0.5) is 13.2 Å². The third kappa shape index (κ3) is 4.60. The molecule has 1 amide bonds. The first kappa shape index (κ1) is 18.4. The summed E-state index contributed by atoms with van der Waals surface area (Å²) in [7, 11) is 0. The number of hydrogen-bond acceptors (Lipinski definition) is 3. The second kappa shape index (κ2) is 7.45. The minimum atomic E-state index is -4.41. The van der Waals surface area contributed by atoms with Crippen LogP contribution in [0, 0.1) is 0 Å². The van der Waals surface area contributed by atoms with Crippen molar-refractivity contribution in [2.24, 2.45) is 0 Å². The Balaban J connectivity index is 1.73. The van der Waals surface area contributed by atoms with E-state index in [4.69, 9.17) is 0 Å². The number of alkyl halides is 3. The van der Waals surface area contributed by atoms with E-state index in [0.29, 0.717) is 11.1 Å². The van der Waals surface area contributed by atoms with Crippen LogP contribution < -0.4 is 10.9 Å². The zero-order valence-corrected chi connectivity index (χ0v) is 13.9. The van der Waals surface area contributed by atoms with Crippen molar-refractivity contribution >= 4 is 5.91 Å². The lowest BCUT2D eigenvalue weighted by Crippen LogP contribution is -2.26. The van der Waals surface area contributed by atoms with E-state index in [1.807, 2.05) is 6.07 Å². The molecule has 1 aromatic heterocycles. The van der Waals surface area contributed by atoms with Gasteiger partial charge in [0.2, 0.25) is 0 Å². The number of aromatic amines is 1. The fraction of sp³-hybridized carbons (Fsp3) is 0.105. The Morgan fingerprint density at radius 1 is 1.04 bits per heavy atom. The van der Waals surface area contributed by atoms with E-state index in [-0.39, 0.29) is 18.1 Å². The molecular weight excluding hydrogens is 359 g/mol. The predicted octanol–water partition coefficient (Wildman–Crippen LogP) is 3.39. The molecule has 0 aliphatic rings. The van der Waals surface area contributed by atoms with E-state index in [2.05, 4.69) is 15.3 Å². The monoisotopic (exact) mass is 373 g/mol. The van der Waals surface area contributed by atoms with Crippen molar-refractivity contribution in [2.45, 2.75) is 12.7 Å². The van der Waals surface area contributed by atoms with E-state index in [1.165, 1.54) is 12.1 Å².